The molecule has 72 valence electrons. The summed E-state index contributed by atoms with van der Waals surface area (Å²) in [6, 6.07) is 0. The molecule has 2 atom stereocenters. The third kappa shape index (κ3) is 3.09. The van der Waals surface area contributed by atoms with Crippen molar-refractivity contribution in [1.29, 1.82) is 0 Å². The molecule has 2 nitrogen and oxygen atoms in total. The zero-order valence-corrected chi connectivity index (χ0v) is 9.51. The topological polar surface area (TPSA) is 25.1 Å². The van der Waals surface area contributed by atoms with Gasteiger partial charge in [-0.3, -0.25) is 0 Å². The molecule has 0 radical (unpaired) electrons. The van der Waals surface area contributed by atoms with E-state index in [4.69, 9.17) is 46.4 Å². The highest BCUT2D eigenvalue weighted by atomic mass is 35.5. The quantitative estimate of drug-likeness (QED) is 0.490. The normalized spacial score (nSPS) is 39.5. The van der Waals surface area contributed by atoms with Gasteiger partial charge in [0.05, 0.1) is 0 Å². The van der Waals surface area contributed by atoms with Gasteiger partial charge in [-0.1, -0.05) is 46.4 Å². The van der Waals surface area contributed by atoms with Crippen LogP contribution in [0, 0.1) is 0 Å². The summed E-state index contributed by atoms with van der Waals surface area (Å²) in [4.78, 5) is 0. The van der Waals surface area contributed by atoms with E-state index in [0.717, 1.165) is 0 Å². The molecule has 2 heterocycles. The third-order valence-electron chi connectivity index (χ3n) is 1.50. The van der Waals surface area contributed by atoms with Crippen LogP contribution in [0.4, 0.5) is 0 Å². The molecule has 2 unspecified atom stereocenters. The van der Waals surface area contributed by atoms with Gasteiger partial charge in [-0.2, -0.15) is 0 Å². The van der Waals surface area contributed by atoms with Crippen LogP contribution in [0.2, 0.25) is 0 Å². The number of hydrogen-bond donors (Lipinski definition) is 0. The molecular weight excluding hydrogens is 246 g/mol. The molecule has 2 rings (SSSR count). The molecule has 0 amide bonds. The Hall–Kier alpha value is 1.08. The SMILES string of the molecule is CC1OC1(Cl)Cl.CC1OC1(Cl)Cl. The van der Waals surface area contributed by atoms with Crippen LogP contribution in [-0.2, 0) is 9.47 Å². The summed E-state index contributed by atoms with van der Waals surface area (Å²) in [6.45, 7) is 3.64. The number of epoxide rings is 2. The monoisotopic (exact) mass is 252 g/mol. The zero-order valence-electron chi connectivity index (χ0n) is 6.48. The highest BCUT2D eigenvalue weighted by Gasteiger charge is 2.50. The first-order valence-electron chi connectivity index (χ1n) is 3.37. The van der Waals surface area contributed by atoms with Crippen molar-refractivity contribution in [3.8, 4) is 0 Å². The van der Waals surface area contributed by atoms with Gasteiger partial charge in [0.2, 0.25) is 9.04 Å². The van der Waals surface area contributed by atoms with Crippen LogP contribution in [0.1, 0.15) is 13.8 Å². The van der Waals surface area contributed by atoms with Crippen molar-refractivity contribution in [2.45, 2.75) is 35.1 Å². The van der Waals surface area contributed by atoms with Crippen LogP contribution in [0.5, 0.6) is 0 Å². The van der Waals surface area contributed by atoms with Crippen molar-refractivity contribution < 1.29 is 9.47 Å². The second kappa shape index (κ2) is 3.34. The molecule has 0 aromatic heterocycles. The van der Waals surface area contributed by atoms with Gasteiger partial charge in [-0.05, 0) is 13.8 Å². The fraction of sp³-hybridized carbons (Fsp3) is 1.00. The molecular formula is C6H8Cl4O2. The van der Waals surface area contributed by atoms with Gasteiger partial charge in [0.25, 0.3) is 0 Å². The van der Waals surface area contributed by atoms with Gasteiger partial charge in [0.1, 0.15) is 12.2 Å². The van der Waals surface area contributed by atoms with Crippen LogP contribution in [-0.4, -0.2) is 21.2 Å². The second-order valence-corrected chi connectivity index (χ2v) is 5.28. The first-order chi connectivity index (χ1) is 5.26. The number of halogens is 4. The summed E-state index contributed by atoms with van der Waals surface area (Å²) in [5.74, 6) is 0. The Morgan fingerprint density at radius 1 is 0.833 bits per heavy atom. The molecule has 2 aliphatic rings. The lowest BCUT2D eigenvalue weighted by Gasteiger charge is -1.77. The summed E-state index contributed by atoms with van der Waals surface area (Å²) >= 11 is 21.3. The average Bonchev–Trinajstić information content (AvgIpc) is 2.54. The van der Waals surface area contributed by atoms with E-state index in [0.29, 0.717) is 0 Å². The Kier molecular flexibility index (Phi) is 3.10. The van der Waals surface area contributed by atoms with Gasteiger partial charge >= 0.3 is 0 Å². The van der Waals surface area contributed by atoms with Crippen LogP contribution in [0.3, 0.4) is 0 Å². The van der Waals surface area contributed by atoms with Crippen molar-refractivity contribution in [1.82, 2.24) is 0 Å². The second-order valence-electron chi connectivity index (χ2n) is 2.64. The summed E-state index contributed by atoms with van der Waals surface area (Å²) in [7, 11) is 0. The van der Waals surface area contributed by atoms with E-state index < -0.39 is 9.04 Å². The lowest BCUT2D eigenvalue weighted by molar-refractivity contribution is 0.398. The summed E-state index contributed by atoms with van der Waals surface area (Å²) in [6.07, 6.45) is 0.0571. The van der Waals surface area contributed by atoms with E-state index in [1.165, 1.54) is 0 Å². The predicted octanol–water partition coefficient (Wildman–Crippen LogP) is 3.07. The Bertz CT molecular complexity index is 162. The summed E-state index contributed by atoms with van der Waals surface area (Å²) < 4.78 is 7.58. The van der Waals surface area contributed by atoms with E-state index in [-0.39, 0.29) is 12.2 Å². The van der Waals surface area contributed by atoms with Gasteiger partial charge in [-0.15, -0.1) is 0 Å². The van der Waals surface area contributed by atoms with Crippen molar-refractivity contribution in [3.05, 3.63) is 0 Å². The Morgan fingerprint density at radius 3 is 0.917 bits per heavy atom. The molecule has 2 saturated heterocycles. The van der Waals surface area contributed by atoms with Crippen LogP contribution in [0.25, 0.3) is 0 Å². The van der Waals surface area contributed by atoms with Crippen molar-refractivity contribution in [3.63, 3.8) is 0 Å². The van der Waals surface area contributed by atoms with Gasteiger partial charge in [-0.25, -0.2) is 0 Å². The van der Waals surface area contributed by atoms with Crippen LogP contribution in [0.15, 0.2) is 0 Å². The summed E-state index contributed by atoms with van der Waals surface area (Å²) in [5.41, 5.74) is 0. The maximum absolute atomic E-state index is 5.33. The highest BCUT2D eigenvalue weighted by Crippen LogP contribution is 2.44. The minimum atomic E-state index is -0.847. The summed E-state index contributed by atoms with van der Waals surface area (Å²) in [5, 5.41) is 0. The predicted molar refractivity (Wildman–Crippen MR) is 50.0 cm³/mol. The Labute approximate surface area is 91.0 Å². The largest absolute Gasteiger partial charge is 0.336 e. The molecule has 2 aliphatic heterocycles. The molecule has 0 bridgehead atoms. The smallest absolute Gasteiger partial charge is 0.244 e. The van der Waals surface area contributed by atoms with E-state index in [1.54, 1.807) is 0 Å². The molecule has 0 N–H and O–H groups in total. The third-order valence-corrected chi connectivity index (χ3v) is 3.09. The number of ether oxygens (including phenoxy) is 2. The van der Waals surface area contributed by atoms with E-state index in [2.05, 4.69) is 9.47 Å². The number of rotatable bonds is 0. The highest BCUT2D eigenvalue weighted by molar-refractivity contribution is 6.49. The van der Waals surface area contributed by atoms with E-state index >= 15 is 0 Å². The molecule has 6 heteroatoms. The van der Waals surface area contributed by atoms with Crippen molar-refractivity contribution >= 4 is 46.4 Å². The maximum Gasteiger partial charge on any atom is 0.244 e. The molecule has 0 aliphatic carbocycles. The maximum atomic E-state index is 5.33. The first-order valence-corrected chi connectivity index (χ1v) is 4.88. The molecule has 12 heavy (non-hydrogen) atoms. The van der Waals surface area contributed by atoms with Gasteiger partial charge in [0, 0.05) is 0 Å². The molecule has 0 saturated carbocycles. The molecule has 0 spiro atoms. The van der Waals surface area contributed by atoms with Gasteiger partial charge < -0.3 is 9.47 Å². The Balaban J connectivity index is 0.000000120. The Morgan fingerprint density at radius 2 is 0.917 bits per heavy atom. The minimum Gasteiger partial charge on any atom is -0.336 e. The molecule has 0 aromatic rings. The lowest BCUT2D eigenvalue weighted by atomic mass is 10.6. The standard InChI is InChI=1S/2C3H4Cl2O/c2*1-2-3(4,5)6-2/h2*2H,1H3. The lowest BCUT2D eigenvalue weighted by Crippen LogP contribution is -1.87. The number of hydrogen-bond acceptors (Lipinski definition) is 2. The zero-order chi connectivity index (χ0) is 9.57. The fourth-order valence-electron chi connectivity index (χ4n) is 0.403. The molecule has 0 aromatic carbocycles. The van der Waals surface area contributed by atoms with Crippen molar-refractivity contribution in [2.75, 3.05) is 0 Å². The van der Waals surface area contributed by atoms with Crippen LogP contribution >= 0.6 is 46.4 Å². The van der Waals surface area contributed by atoms with Crippen LogP contribution < -0.4 is 0 Å². The fourth-order valence-corrected chi connectivity index (χ4v) is 0.938. The number of alkyl halides is 4. The average molecular weight is 254 g/mol. The van der Waals surface area contributed by atoms with Crippen molar-refractivity contribution in [2.24, 2.45) is 0 Å². The first kappa shape index (κ1) is 11.2. The molecule has 2 fully saturated rings. The van der Waals surface area contributed by atoms with E-state index in [1.807, 2.05) is 13.8 Å². The van der Waals surface area contributed by atoms with E-state index in [9.17, 15) is 0 Å². The minimum absolute atomic E-state index is 0.0285. The van der Waals surface area contributed by atoms with Gasteiger partial charge in [0.15, 0.2) is 0 Å².